The predicted molar refractivity (Wildman–Crippen MR) is 47.9 cm³/mol. The lowest BCUT2D eigenvalue weighted by molar-refractivity contribution is 0.0277. The van der Waals surface area contributed by atoms with Crippen LogP contribution >= 0.6 is 0 Å². The molecule has 1 rings (SSSR count). The zero-order chi connectivity index (χ0) is 8.70. The molecule has 0 aromatic heterocycles. The van der Waals surface area contributed by atoms with Crippen molar-refractivity contribution in [2.75, 3.05) is 13.1 Å². The summed E-state index contributed by atoms with van der Waals surface area (Å²) in [6.45, 7) is 11.2. The van der Waals surface area contributed by atoms with Gasteiger partial charge in [-0.15, -0.1) is 0 Å². The summed E-state index contributed by atoms with van der Waals surface area (Å²) in [6.07, 6.45) is 1.27. The van der Waals surface area contributed by atoms with E-state index in [2.05, 4.69) is 27.7 Å². The van der Waals surface area contributed by atoms with Crippen LogP contribution in [0.1, 0.15) is 34.1 Å². The molecular weight excluding hydrogens is 136 g/mol. The topological polar surface area (TPSA) is 29.3 Å². The van der Waals surface area contributed by atoms with Gasteiger partial charge in [0.15, 0.2) is 0 Å². The SMILES string of the molecule is CC1(C)CN(N)CC(C)(C)C1. The average molecular weight is 156 g/mol. The van der Waals surface area contributed by atoms with E-state index in [-0.39, 0.29) is 0 Å². The minimum atomic E-state index is 0.385. The van der Waals surface area contributed by atoms with Gasteiger partial charge in [-0.1, -0.05) is 27.7 Å². The van der Waals surface area contributed by atoms with Crippen LogP contribution in [-0.2, 0) is 0 Å². The van der Waals surface area contributed by atoms with E-state index in [1.807, 2.05) is 5.01 Å². The highest BCUT2D eigenvalue weighted by molar-refractivity contribution is 4.87. The predicted octanol–water partition coefficient (Wildman–Crippen LogP) is 1.62. The van der Waals surface area contributed by atoms with E-state index in [0.717, 1.165) is 13.1 Å². The van der Waals surface area contributed by atoms with Crippen LogP contribution in [-0.4, -0.2) is 18.1 Å². The van der Waals surface area contributed by atoms with E-state index in [9.17, 15) is 0 Å². The molecule has 0 unspecified atom stereocenters. The third kappa shape index (κ3) is 2.46. The van der Waals surface area contributed by atoms with Crippen molar-refractivity contribution in [3.05, 3.63) is 0 Å². The van der Waals surface area contributed by atoms with E-state index < -0.39 is 0 Å². The smallest absolute Gasteiger partial charge is 0.0180 e. The van der Waals surface area contributed by atoms with Gasteiger partial charge in [0.1, 0.15) is 0 Å². The first-order valence-corrected chi connectivity index (χ1v) is 4.30. The van der Waals surface area contributed by atoms with Crippen molar-refractivity contribution >= 4 is 0 Å². The first kappa shape index (κ1) is 9.01. The molecule has 0 aromatic rings. The van der Waals surface area contributed by atoms with Crippen LogP contribution in [0.3, 0.4) is 0 Å². The van der Waals surface area contributed by atoms with Crippen LogP contribution in [0.4, 0.5) is 0 Å². The Balaban J connectivity index is 2.66. The second-order valence-electron chi connectivity index (χ2n) is 5.41. The second kappa shape index (κ2) is 2.46. The van der Waals surface area contributed by atoms with Crippen LogP contribution in [0.5, 0.6) is 0 Å². The number of nitrogens with two attached hydrogens (primary N) is 1. The number of hydrazine groups is 1. The normalized spacial score (nSPS) is 30.3. The summed E-state index contributed by atoms with van der Waals surface area (Å²) in [5, 5.41) is 1.95. The highest BCUT2D eigenvalue weighted by atomic mass is 15.4. The van der Waals surface area contributed by atoms with Crippen molar-refractivity contribution in [3.63, 3.8) is 0 Å². The molecule has 1 saturated heterocycles. The lowest BCUT2D eigenvalue weighted by Gasteiger charge is -2.45. The maximum Gasteiger partial charge on any atom is 0.0180 e. The summed E-state index contributed by atoms with van der Waals surface area (Å²) in [7, 11) is 0. The molecule has 0 aliphatic carbocycles. The minimum absolute atomic E-state index is 0.385. The van der Waals surface area contributed by atoms with Gasteiger partial charge in [-0.3, -0.25) is 5.84 Å². The Hall–Kier alpha value is -0.0800. The molecule has 0 saturated carbocycles. The molecule has 2 nitrogen and oxygen atoms in total. The summed E-state index contributed by atoms with van der Waals surface area (Å²) in [5.41, 5.74) is 0.771. The molecule has 0 bridgehead atoms. The summed E-state index contributed by atoms with van der Waals surface area (Å²) in [5.74, 6) is 5.82. The van der Waals surface area contributed by atoms with Gasteiger partial charge < -0.3 is 0 Å². The molecule has 1 fully saturated rings. The number of nitrogens with zero attached hydrogens (tertiary/aromatic N) is 1. The van der Waals surface area contributed by atoms with Crippen molar-refractivity contribution in [3.8, 4) is 0 Å². The van der Waals surface area contributed by atoms with Crippen molar-refractivity contribution in [2.24, 2.45) is 16.7 Å². The van der Waals surface area contributed by atoms with Crippen molar-refractivity contribution in [2.45, 2.75) is 34.1 Å². The molecule has 1 heterocycles. The summed E-state index contributed by atoms with van der Waals surface area (Å²) < 4.78 is 0. The van der Waals surface area contributed by atoms with Crippen LogP contribution in [0.25, 0.3) is 0 Å². The van der Waals surface area contributed by atoms with Gasteiger partial charge in [0, 0.05) is 13.1 Å². The molecule has 2 heteroatoms. The van der Waals surface area contributed by atoms with Gasteiger partial charge in [0.2, 0.25) is 0 Å². The van der Waals surface area contributed by atoms with E-state index in [4.69, 9.17) is 5.84 Å². The maximum atomic E-state index is 5.82. The Bertz CT molecular complexity index is 134. The number of hydrogen-bond donors (Lipinski definition) is 1. The average Bonchev–Trinajstić information content (AvgIpc) is 1.49. The van der Waals surface area contributed by atoms with Crippen LogP contribution < -0.4 is 5.84 Å². The summed E-state index contributed by atoms with van der Waals surface area (Å²) >= 11 is 0. The monoisotopic (exact) mass is 156 g/mol. The first-order chi connectivity index (χ1) is 4.81. The van der Waals surface area contributed by atoms with E-state index in [1.165, 1.54) is 6.42 Å². The third-order valence-corrected chi connectivity index (χ3v) is 2.22. The van der Waals surface area contributed by atoms with Crippen molar-refractivity contribution < 1.29 is 0 Å². The highest BCUT2D eigenvalue weighted by Crippen LogP contribution is 2.38. The Morgan fingerprint density at radius 2 is 1.36 bits per heavy atom. The molecule has 0 amide bonds. The van der Waals surface area contributed by atoms with Gasteiger partial charge >= 0.3 is 0 Å². The van der Waals surface area contributed by atoms with Crippen molar-refractivity contribution in [1.82, 2.24) is 5.01 Å². The Morgan fingerprint density at radius 3 is 1.64 bits per heavy atom. The van der Waals surface area contributed by atoms with Gasteiger partial charge in [-0.25, -0.2) is 5.01 Å². The number of rotatable bonds is 0. The molecule has 66 valence electrons. The molecule has 0 atom stereocenters. The summed E-state index contributed by atoms with van der Waals surface area (Å²) in [6, 6.07) is 0. The zero-order valence-corrected chi connectivity index (χ0v) is 8.15. The molecule has 0 radical (unpaired) electrons. The molecule has 0 spiro atoms. The third-order valence-electron chi connectivity index (χ3n) is 2.22. The molecule has 1 aliphatic rings. The van der Waals surface area contributed by atoms with E-state index >= 15 is 0 Å². The zero-order valence-electron chi connectivity index (χ0n) is 8.15. The molecular formula is C9H20N2. The van der Waals surface area contributed by atoms with Gasteiger partial charge in [0.25, 0.3) is 0 Å². The number of hydrogen-bond acceptors (Lipinski definition) is 2. The maximum absolute atomic E-state index is 5.82. The van der Waals surface area contributed by atoms with Gasteiger partial charge in [-0.05, 0) is 17.3 Å². The molecule has 11 heavy (non-hydrogen) atoms. The molecule has 2 N–H and O–H groups in total. The van der Waals surface area contributed by atoms with Crippen molar-refractivity contribution in [1.29, 1.82) is 0 Å². The largest absolute Gasteiger partial charge is 0.269 e. The van der Waals surface area contributed by atoms with Crippen LogP contribution in [0.15, 0.2) is 0 Å². The molecule has 0 aromatic carbocycles. The highest BCUT2D eigenvalue weighted by Gasteiger charge is 2.35. The van der Waals surface area contributed by atoms with E-state index in [1.54, 1.807) is 0 Å². The fraction of sp³-hybridized carbons (Fsp3) is 1.00. The van der Waals surface area contributed by atoms with Crippen LogP contribution in [0.2, 0.25) is 0 Å². The fourth-order valence-corrected chi connectivity index (χ4v) is 2.56. The second-order valence-corrected chi connectivity index (χ2v) is 5.41. The Labute approximate surface area is 69.7 Å². The lowest BCUT2D eigenvalue weighted by atomic mass is 9.72. The Kier molecular flexibility index (Phi) is 2.01. The fourth-order valence-electron chi connectivity index (χ4n) is 2.56. The van der Waals surface area contributed by atoms with E-state index in [0.29, 0.717) is 10.8 Å². The standard InChI is InChI=1S/C9H20N2/c1-8(2)5-9(3,4)7-11(10)6-8/h5-7,10H2,1-4H3. The van der Waals surface area contributed by atoms with Gasteiger partial charge in [0.05, 0.1) is 0 Å². The quantitative estimate of drug-likeness (QED) is 0.540. The Morgan fingerprint density at radius 1 is 1.00 bits per heavy atom. The van der Waals surface area contributed by atoms with Gasteiger partial charge in [-0.2, -0.15) is 0 Å². The lowest BCUT2D eigenvalue weighted by Crippen LogP contribution is -2.51. The summed E-state index contributed by atoms with van der Waals surface area (Å²) in [4.78, 5) is 0. The first-order valence-electron chi connectivity index (χ1n) is 4.30. The van der Waals surface area contributed by atoms with Crippen LogP contribution in [0, 0.1) is 10.8 Å². The minimum Gasteiger partial charge on any atom is -0.269 e. The number of piperidine rings is 1. The molecule has 1 aliphatic heterocycles.